The molecule has 0 radical (unpaired) electrons. The molecule has 1 aromatic rings. The second kappa shape index (κ2) is 3.62. The molecule has 1 heterocycles. The summed E-state index contributed by atoms with van der Waals surface area (Å²) in [6.45, 7) is 0.857. The Balaban J connectivity index is 2.14. The molecule has 3 rings (SSSR count). The minimum Gasteiger partial charge on any atom is -0.467 e. The van der Waals surface area contributed by atoms with E-state index < -0.39 is 0 Å². The second-order valence-electron chi connectivity index (χ2n) is 4.52. The molecule has 1 aromatic carbocycles. The Bertz CT molecular complexity index is 429. The number of ether oxygens (including phenoxy) is 2. The lowest BCUT2D eigenvalue weighted by Gasteiger charge is -2.41. The number of halogens is 1. The summed E-state index contributed by atoms with van der Waals surface area (Å²) in [6, 6.07) is 3.76. The SMILES string of the molecule is NC1(c2c(Cl)ccc3c2COCO3)CCC1. The number of rotatable bonds is 1. The van der Waals surface area contributed by atoms with Crippen molar-refractivity contribution in [3.63, 3.8) is 0 Å². The molecular weight excluding hydrogens is 226 g/mol. The van der Waals surface area contributed by atoms with Crippen molar-refractivity contribution >= 4 is 11.6 Å². The monoisotopic (exact) mass is 239 g/mol. The van der Waals surface area contributed by atoms with Crippen molar-refractivity contribution in [2.45, 2.75) is 31.4 Å². The summed E-state index contributed by atoms with van der Waals surface area (Å²) in [5.41, 5.74) is 8.14. The molecule has 4 heteroatoms. The lowest BCUT2D eigenvalue weighted by molar-refractivity contribution is -0.0178. The Morgan fingerprint density at radius 1 is 1.31 bits per heavy atom. The van der Waals surface area contributed by atoms with Crippen LogP contribution in [0.3, 0.4) is 0 Å². The second-order valence-corrected chi connectivity index (χ2v) is 4.93. The summed E-state index contributed by atoms with van der Waals surface area (Å²) >= 11 is 6.27. The zero-order valence-corrected chi connectivity index (χ0v) is 9.72. The van der Waals surface area contributed by atoms with E-state index in [0.717, 1.165) is 41.2 Å². The normalized spacial score (nSPS) is 21.9. The van der Waals surface area contributed by atoms with E-state index in [4.69, 9.17) is 26.8 Å². The van der Waals surface area contributed by atoms with Crippen LogP contribution in [0.5, 0.6) is 5.75 Å². The van der Waals surface area contributed by atoms with Crippen molar-refractivity contribution in [3.8, 4) is 5.75 Å². The fraction of sp³-hybridized carbons (Fsp3) is 0.500. The highest BCUT2D eigenvalue weighted by Crippen LogP contribution is 2.46. The molecule has 1 aliphatic heterocycles. The average Bonchev–Trinajstić information content (AvgIpc) is 2.26. The molecule has 1 saturated carbocycles. The number of benzene rings is 1. The third-order valence-electron chi connectivity index (χ3n) is 3.51. The lowest BCUT2D eigenvalue weighted by atomic mass is 9.71. The Labute approximate surface area is 99.5 Å². The third kappa shape index (κ3) is 1.43. The number of hydrogen-bond acceptors (Lipinski definition) is 3. The van der Waals surface area contributed by atoms with Crippen LogP contribution in [-0.2, 0) is 16.9 Å². The van der Waals surface area contributed by atoms with Gasteiger partial charge in [0.05, 0.1) is 6.61 Å². The van der Waals surface area contributed by atoms with Gasteiger partial charge in [-0.2, -0.15) is 0 Å². The largest absolute Gasteiger partial charge is 0.467 e. The Hall–Kier alpha value is -0.770. The lowest BCUT2D eigenvalue weighted by Crippen LogP contribution is -2.44. The summed E-state index contributed by atoms with van der Waals surface area (Å²) in [5.74, 6) is 0.863. The molecule has 0 aromatic heterocycles. The van der Waals surface area contributed by atoms with E-state index >= 15 is 0 Å². The van der Waals surface area contributed by atoms with Crippen LogP contribution < -0.4 is 10.5 Å². The van der Waals surface area contributed by atoms with Crippen LogP contribution in [-0.4, -0.2) is 6.79 Å². The molecule has 0 spiro atoms. The van der Waals surface area contributed by atoms with E-state index in [9.17, 15) is 0 Å². The highest BCUT2D eigenvalue weighted by atomic mass is 35.5. The predicted molar refractivity (Wildman–Crippen MR) is 61.5 cm³/mol. The summed E-state index contributed by atoms with van der Waals surface area (Å²) in [5, 5.41) is 0.732. The van der Waals surface area contributed by atoms with Crippen molar-refractivity contribution in [2.75, 3.05) is 6.79 Å². The standard InChI is InChI=1S/C12H14ClNO2/c13-9-2-3-10-8(6-15-7-16-10)11(9)12(14)4-1-5-12/h2-3H,1,4-7,14H2. The Morgan fingerprint density at radius 3 is 2.81 bits per heavy atom. The van der Waals surface area contributed by atoms with Gasteiger partial charge in [-0.1, -0.05) is 11.6 Å². The fourth-order valence-electron chi connectivity index (χ4n) is 2.47. The third-order valence-corrected chi connectivity index (χ3v) is 3.82. The van der Waals surface area contributed by atoms with E-state index in [1.807, 2.05) is 12.1 Å². The van der Waals surface area contributed by atoms with E-state index in [1.54, 1.807) is 0 Å². The maximum absolute atomic E-state index is 6.35. The van der Waals surface area contributed by atoms with Gasteiger partial charge in [-0.3, -0.25) is 0 Å². The van der Waals surface area contributed by atoms with E-state index in [1.165, 1.54) is 0 Å². The highest BCUT2D eigenvalue weighted by Gasteiger charge is 2.39. The highest BCUT2D eigenvalue weighted by molar-refractivity contribution is 6.31. The first-order valence-corrected chi connectivity index (χ1v) is 5.90. The zero-order valence-electron chi connectivity index (χ0n) is 8.96. The summed E-state index contributed by atoms with van der Waals surface area (Å²) in [4.78, 5) is 0. The van der Waals surface area contributed by atoms with Gasteiger partial charge in [-0.05, 0) is 37.0 Å². The van der Waals surface area contributed by atoms with Crippen molar-refractivity contribution in [1.29, 1.82) is 0 Å². The Kier molecular flexibility index (Phi) is 2.35. The minimum atomic E-state index is -0.271. The molecule has 3 nitrogen and oxygen atoms in total. The molecular formula is C12H14ClNO2. The van der Waals surface area contributed by atoms with Gasteiger partial charge in [0, 0.05) is 16.1 Å². The molecule has 16 heavy (non-hydrogen) atoms. The molecule has 0 unspecified atom stereocenters. The quantitative estimate of drug-likeness (QED) is 0.819. The smallest absolute Gasteiger partial charge is 0.189 e. The fourth-order valence-corrected chi connectivity index (χ4v) is 2.84. The van der Waals surface area contributed by atoms with Crippen LogP contribution in [0.15, 0.2) is 12.1 Å². The average molecular weight is 240 g/mol. The molecule has 1 aliphatic carbocycles. The molecule has 0 atom stereocenters. The maximum Gasteiger partial charge on any atom is 0.189 e. The van der Waals surface area contributed by atoms with Gasteiger partial charge < -0.3 is 15.2 Å². The number of hydrogen-bond donors (Lipinski definition) is 1. The van der Waals surface area contributed by atoms with Gasteiger partial charge in [-0.15, -0.1) is 0 Å². The molecule has 0 amide bonds. The van der Waals surface area contributed by atoms with Gasteiger partial charge >= 0.3 is 0 Å². The van der Waals surface area contributed by atoms with Gasteiger partial charge in [0.2, 0.25) is 0 Å². The maximum atomic E-state index is 6.35. The number of nitrogens with two attached hydrogens (primary N) is 1. The van der Waals surface area contributed by atoms with Crippen LogP contribution >= 0.6 is 11.6 Å². The molecule has 0 saturated heterocycles. The summed E-state index contributed by atoms with van der Waals surface area (Å²) in [7, 11) is 0. The van der Waals surface area contributed by atoms with Crippen molar-refractivity contribution in [1.82, 2.24) is 0 Å². The van der Waals surface area contributed by atoms with E-state index in [2.05, 4.69) is 0 Å². The topological polar surface area (TPSA) is 44.5 Å². The van der Waals surface area contributed by atoms with Gasteiger partial charge in [0.15, 0.2) is 6.79 Å². The zero-order chi connectivity index (χ0) is 11.2. The van der Waals surface area contributed by atoms with Crippen molar-refractivity contribution in [3.05, 3.63) is 28.3 Å². The molecule has 0 bridgehead atoms. The van der Waals surface area contributed by atoms with Crippen LogP contribution in [0.2, 0.25) is 5.02 Å². The first-order valence-electron chi connectivity index (χ1n) is 5.52. The van der Waals surface area contributed by atoms with Gasteiger partial charge in [0.25, 0.3) is 0 Å². The van der Waals surface area contributed by atoms with Crippen LogP contribution in [0.4, 0.5) is 0 Å². The van der Waals surface area contributed by atoms with E-state index in [0.29, 0.717) is 13.4 Å². The molecule has 2 aliphatic rings. The van der Waals surface area contributed by atoms with Crippen LogP contribution in [0.1, 0.15) is 30.4 Å². The van der Waals surface area contributed by atoms with Crippen LogP contribution in [0, 0.1) is 0 Å². The van der Waals surface area contributed by atoms with Crippen LogP contribution in [0.25, 0.3) is 0 Å². The summed E-state index contributed by atoms with van der Waals surface area (Å²) in [6.07, 6.45) is 3.14. The Morgan fingerprint density at radius 2 is 2.12 bits per heavy atom. The van der Waals surface area contributed by atoms with Gasteiger partial charge in [-0.25, -0.2) is 0 Å². The first kappa shape index (κ1) is 10.4. The number of fused-ring (bicyclic) bond motifs is 1. The first-order chi connectivity index (χ1) is 7.71. The van der Waals surface area contributed by atoms with E-state index in [-0.39, 0.29) is 5.54 Å². The summed E-state index contributed by atoms with van der Waals surface area (Å²) < 4.78 is 10.8. The predicted octanol–water partition coefficient (Wildman–Crippen LogP) is 2.54. The molecule has 86 valence electrons. The van der Waals surface area contributed by atoms with Crippen molar-refractivity contribution in [2.24, 2.45) is 5.73 Å². The minimum absolute atomic E-state index is 0.271. The van der Waals surface area contributed by atoms with Crippen molar-refractivity contribution < 1.29 is 9.47 Å². The molecule has 1 fully saturated rings. The van der Waals surface area contributed by atoms with Gasteiger partial charge in [0.1, 0.15) is 5.75 Å². The molecule has 2 N–H and O–H groups in total.